The fourth-order valence-corrected chi connectivity index (χ4v) is 2.13. The van der Waals surface area contributed by atoms with Gasteiger partial charge in [0, 0.05) is 27.8 Å². The van der Waals surface area contributed by atoms with Gasteiger partial charge in [0.25, 0.3) is 0 Å². The molecule has 16 heavy (non-hydrogen) atoms. The molecule has 2 rings (SSSR count). The van der Waals surface area contributed by atoms with E-state index < -0.39 is 0 Å². The van der Waals surface area contributed by atoms with Gasteiger partial charge < -0.3 is 0 Å². The van der Waals surface area contributed by atoms with Crippen molar-refractivity contribution in [3.63, 3.8) is 0 Å². The van der Waals surface area contributed by atoms with Crippen LogP contribution < -0.4 is 0 Å². The smallest absolute Gasteiger partial charge is 0.0720 e. The second-order valence-electron chi connectivity index (χ2n) is 3.89. The van der Waals surface area contributed by atoms with Crippen LogP contribution in [0, 0.1) is 0 Å². The number of hydrogen-bond acceptors (Lipinski definition) is 2. The van der Waals surface area contributed by atoms with Gasteiger partial charge in [0.05, 0.1) is 5.52 Å². The van der Waals surface area contributed by atoms with Crippen LogP contribution in [-0.2, 0) is 6.42 Å². The summed E-state index contributed by atoms with van der Waals surface area (Å²) < 4.78 is 0. The zero-order valence-electron chi connectivity index (χ0n) is 9.40. The molecule has 0 spiro atoms. The average molecular weight is 252 g/mol. The van der Waals surface area contributed by atoms with E-state index in [0.717, 1.165) is 28.0 Å². The number of fused-ring (bicyclic) bond motifs is 1. The fourth-order valence-electron chi connectivity index (χ4n) is 1.62. The molecular weight excluding hydrogens is 238 g/mol. The van der Waals surface area contributed by atoms with E-state index in [9.17, 15) is 0 Å². The minimum absolute atomic E-state index is 0.601. The molecule has 1 unspecified atom stereocenters. The van der Waals surface area contributed by atoms with Gasteiger partial charge >= 0.3 is 0 Å². The molecule has 0 N–H and O–H groups in total. The summed E-state index contributed by atoms with van der Waals surface area (Å²) in [5.74, 6) is 0. The van der Waals surface area contributed by atoms with Crippen molar-refractivity contribution in [1.82, 2.24) is 4.98 Å². The van der Waals surface area contributed by atoms with Crippen molar-refractivity contribution in [2.45, 2.75) is 18.6 Å². The second-order valence-corrected chi connectivity index (χ2v) is 5.60. The highest BCUT2D eigenvalue weighted by Gasteiger charge is 2.04. The lowest BCUT2D eigenvalue weighted by Gasteiger charge is -2.08. The van der Waals surface area contributed by atoms with Crippen LogP contribution in [0.25, 0.3) is 10.9 Å². The third-order valence-electron chi connectivity index (χ3n) is 2.61. The topological polar surface area (TPSA) is 12.9 Å². The Morgan fingerprint density at radius 1 is 1.31 bits per heavy atom. The van der Waals surface area contributed by atoms with Gasteiger partial charge in [0.15, 0.2) is 0 Å². The standard InChI is InChI=1S/C13H14ClNS/c1-9(16-2)7-12-6-4-10-3-5-11(14)8-13(10)15-12/h3-6,8-9H,7H2,1-2H3. The molecule has 0 saturated heterocycles. The predicted molar refractivity (Wildman–Crippen MR) is 73.4 cm³/mol. The summed E-state index contributed by atoms with van der Waals surface area (Å²) in [5, 5.41) is 2.49. The first-order valence-electron chi connectivity index (χ1n) is 5.27. The minimum Gasteiger partial charge on any atom is -0.253 e. The van der Waals surface area contributed by atoms with Crippen LogP contribution in [0.15, 0.2) is 30.3 Å². The normalized spacial score (nSPS) is 12.9. The predicted octanol–water partition coefficient (Wildman–Crippen LogP) is 4.18. The molecule has 1 nitrogen and oxygen atoms in total. The molecule has 0 amide bonds. The lowest BCUT2D eigenvalue weighted by atomic mass is 10.1. The molecule has 0 fully saturated rings. The number of hydrogen-bond donors (Lipinski definition) is 0. The summed E-state index contributed by atoms with van der Waals surface area (Å²) in [4.78, 5) is 4.63. The van der Waals surface area contributed by atoms with Gasteiger partial charge in [0.1, 0.15) is 0 Å². The van der Waals surface area contributed by atoms with Crippen molar-refractivity contribution in [3.05, 3.63) is 41.0 Å². The highest BCUT2D eigenvalue weighted by Crippen LogP contribution is 2.19. The Morgan fingerprint density at radius 3 is 2.81 bits per heavy atom. The first kappa shape index (κ1) is 11.7. The lowest BCUT2D eigenvalue weighted by Crippen LogP contribution is -2.02. The molecule has 1 heterocycles. The number of halogens is 1. The fraction of sp³-hybridized carbons (Fsp3) is 0.308. The maximum absolute atomic E-state index is 5.96. The Bertz CT molecular complexity index is 498. The van der Waals surface area contributed by atoms with Crippen molar-refractivity contribution in [2.75, 3.05) is 6.26 Å². The van der Waals surface area contributed by atoms with Gasteiger partial charge in [-0.1, -0.05) is 30.7 Å². The Kier molecular flexibility index (Phi) is 3.72. The van der Waals surface area contributed by atoms with Crippen LogP contribution in [0.2, 0.25) is 5.02 Å². The maximum atomic E-state index is 5.96. The second kappa shape index (κ2) is 5.07. The summed E-state index contributed by atoms with van der Waals surface area (Å²) in [5.41, 5.74) is 2.12. The van der Waals surface area contributed by atoms with Crippen molar-refractivity contribution in [1.29, 1.82) is 0 Å². The highest BCUT2D eigenvalue weighted by molar-refractivity contribution is 7.99. The number of nitrogens with zero attached hydrogens (tertiary/aromatic N) is 1. The Labute approximate surface area is 105 Å². The Balaban J connectivity index is 2.35. The van der Waals surface area contributed by atoms with E-state index in [1.807, 2.05) is 30.0 Å². The largest absolute Gasteiger partial charge is 0.253 e. The molecule has 0 radical (unpaired) electrons. The molecule has 0 bridgehead atoms. The zero-order chi connectivity index (χ0) is 11.5. The van der Waals surface area contributed by atoms with Gasteiger partial charge in [0.2, 0.25) is 0 Å². The van der Waals surface area contributed by atoms with Crippen LogP contribution in [0.4, 0.5) is 0 Å². The molecular formula is C13H14ClNS. The van der Waals surface area contributed by atoms with E-state index in [0.29, 0.717) is 5.25 Å². The van der Waals surface area contributed by atoms with Crippen molar-refractivity contribution < 1.29 is 0 Å². The molecule has 1 atom stereocenters. The average Bonchev–Trinajstić information content (AvgIpc) is 2.28. The third-order valence-corrected chi connectivity index (χ3v) is 3.82. The molecule has 3 heteroatoms. The maximum Gasteiger partial charge on any atom is 0.0720 e. The van der Waals surface area contributed by atoms with Crippen molar-refractivity contribution in [2.24, 2.45) is 0 Å². The van der Waals surface area contributed by atoms with Gasteiger partial charge in [-0.15, -0.1) is 0 Å². The summed E-state index contributed by atoms with van der Waals surface area (Å²) in [6.07, 6.45) is 3.13. The van der Waals surface area contributed by atoms with E-state index in [4.69, 9.17) is 11.6 Å². The van der Waals surface area contributed by atoms with Crippen LogP contribution in [0.3, 0.4) is 0 Å². The SMILES string of the molecule is CSC(C)Cc1ccc2ccc(Cl)cc2n1. The lowest BCUT2D eigenvalue weighted by molar-refractivity contribution is 0.911. The number of pyridine rings is 1. The molecule has 1 aromatic heterocycles. The van der Waals surface area contributed by atoms with Crippen molar-refractivity contribution >= 4 is 34.3 Å². The number of rotatable bonds is 3. The van der Waals surface area contributed by atoms with Gasteiger partial charge in [-0.2, -0.15) is 11.8 Å². The first-order chi connectivity index (χ1) is 7.69. The Morgan fingerprint density at radius 2 is 2.06 bits per heavy atom. The molecule has 2 aromatic rings. The molecule has 0 aliphatic carbocycles. The van der Waals surface area contributed by atoms with Crippen LogP contribution >= 0.6 is 23.4 Å². The van der Waals surface area contributed by atoms with Gasteiger partial charge in [-0.05, 0) is 24.5 Å². The zero-order valence-corrected chi connectivity index (χ0v) is 11.0. The molecule has 84 valence electrons. The van der Waals surface area contributed by atoms with E-state index in [1.54, 1.807) is 0 Å². The van der Waals surface area contributed by atoms with Crippen LogP contribution in [0.5, 0.6) is 0 Å². The molecule has 0 saturated carbocycles. The highest BCUT2D eigenvalue weighted by atomic mass is 35.5. The summed E-state index contributed by atoms with van der Waals surface area (Å²) >= 11 is 7.82. The first-order valence-corrected chi connectivity index (χ1v) is 6.93. The van der Waals surface area contributed by atoms with Gasteiger partial charge in [-0.25, -0.2) is 0 Å². The monoisotopic (exact) mass is 251 g/mol. The summed E-state index contributed by atoms with van der Waals surface area (Å²) in [6, 6.07) is 10.0. The van der Waals surface area contributed by atoms with Crippen molar-refractivity contribution in [3.8, 4) is 0 Å². The molecule has 0 aliphatic rings. The van der Waals surface area contributed by atoms with E-state index in [1.165, 1.54) is 0 Å². The summed E-state index contributed by atoms with van der Waals surface area (Å²) in [6.45, 7) is 2.22. The van der Waals surface area contributed by atoms with Crippen LogP contribution in [0.1, 0.15) is 12.6 Å². The van der Waals surface area contributed by atoms with E-state index >= 15 is 0 Å². The Hall–Kier alpha value is -0.730. The van der Waals surface area contributed by atoms with Gasteiger partial charge in [-0.3, -0.25) is 4.98 Å². The number of thioether (sulfide) groups is 1. The van der Waals surface area contributed by atoms with E-state index in [2.05, 4.69) is 30.3 Å². The number of aromatic nitrogens is 1. The summed E-state index contributed by atoms with van der Waals surface area (Å²) in [7, 11) is 0. The minimum atomic E-state index is 0.601. The molecule has 1 aromatic carbocycles. The quantitative estimate of drug-likeness (QED) is 0.812. The van der Waals surface area contributed by atoms with E-state index in [-0.39, 0.29) is 0 Å². The van der Waals surface area contributed by atoms with Crippen LogP contribution in [-0.4, -0.2) is 16.5 Å². The third kappa shape index (κ3) is 2.69. The molecule has 0 aliphatic heterocycles. The number of benzene rings is 1.